The van der Waals surface area contributed by atoms with Crippen LogP contribution in [-0.4, -0.2) is 62.9 Å². The summed E-state index contributed by atoms with van der Waals surface area (Å²) < 4.78 is 4.88. The monoisotopic (exact) mass is 527 g/mol. The van der Waals surface area contributed by atoms with Gasteiger partial charge in [0.1, 0.15) is 0 Å². The lowest BCUT2D eigenvalue weighted by atomic mass is 9.99. The van der Waals surface area contributed by atoms with E-state index in [9.17, 15) is 19.2 Å². The van der Waals surface area contributed by atoms with E-state index in [1.54, 1.807) is 18.0 Å². The summed E-state index contributed by atoms with van der Waals surface area (Å²) in [5.41, 5.74) is 9.46. The molecule has 10 nitrogen and oxygen atoms in total. The summed E-state index contributed by atoms with van der Waals surface area (Å²) in [5, 5.41) is 6.18. The standard InChI is InChI=1S/C29H29N5O5/c1-33(2)16-25(36)34(3)21-12-10-20(11-13-21)31-27(18-7-5-4-6-8-18)26-22-14-9-19(15-23(22)32-28(26)37)29(38)39-17-24(30)35/h4-15,31H,16-17H2,1-3H3,(H2,30,35)(H,32,37)/b27-26-. The molecule has 0 spiro atoms. The van der Waals surface area contributed by atoms with Crippen LogP contribution in [0.5, 0.6) is 0 Å². The lowest BCUT2D eigenvalue weighted by Gasteiger charge is -2.20. The smallest absolute Gasteiger partial charge is 0.338 e. The molecular formula is C29H29N5O5. The predicted octanol–water partition coefficient (Wildman–Crippen LogP) is 2.79. The number of ether oxygens (including phenoxy) is 1. The van der Waals surface area contributed by atoms with Crippen LogP contribution in [0.3, 0.4) is 0 Å². The molecule has 0 saturated carbocycles. The number of esters is 1. The Hall–Kier alpha value is -4.96. The zero-order chi connectivity index (χ0) is 28.1. The third kappa shape index (κ3) is 6.31. The first-order valence-electron chi connectivity index (χ1n) is 12.1. The first-order chi connectivity index (χ1) is 18.6. The highest BCUT2D eigenvalue weighted by Crippen LogP contribution is 2.38. The molecule has 0 atom stereocenters. The molecule has 0 saturated heterocycles. The van der Waals surface area contributed by atoms with Crippen molar-refractivity contribution in [1.82, 2.24) is 4.90 Å². The van der Waals surface area contributed by atoms with Crippen LogP contribution in [0, 0.1) is 0 Å². The molecular weight excluding hydrogens is 498 g/mol. The Labute approximate surface area is 226 Å². The zero-order valence-corrected chi connectivity index (χ0v) is 21.9. The molecule has 0 aliphatic carbocycles. The molecule has 4 rings (SSSR count). The van der Waals surface area contributed by atoms with E-state index >= 15 is 0 Å². The van der Waals surface area contributed by atoms with Gasteiger partial charge >= 0.3 is 5.97 Å². The van der Waals surface area contributed by atoms with E-state index < -0.39 is 18.5 Å². The number of primary amides is 1. The Balaban J connectivity index is 1.68. The van der Waals surface area contributed by atoms with Gasteiger partial charge in [0.2, 0.25) is 5.91 Å². The number of rotatable bonds is 9. The summed E-state index contributed by atoms with van der Waals surface area (Å²) in [6.07, 6.45) is 0. The number of nitrogens with zero attached hydrogens (tertiary/aromatic N) is 2. The van der Waals surface area contributed by atoms with Gasteiger partial charge in [-0.2, -0.15) is 0 Å². The lowest BCUT2D eigenvalue weighted by molar-refractivity contribution is -0.121. The number of amides is 3. The van der Waals surface area contributed by atoms with Gasteiger partial charge in [-0.1, -0.05) is 36.4 Å². The van der Waals surface area contributed by atoms with E-state index in [0.29, 0.717) is 34.8 Å². The number of likely N-dealkylation sites (N-methyl/N-ethyl adjacent to an activating group) is 2. The summed E-state index contributed by atoms with van der Waals surface area (Å²) in [5.74, 6) is -1.87. The van der Waals surface area contributed by atoms with Crippen molar-refractivity contribution in [2.45, 2.75) is 0 Å². The summed E-state index contributed by atoms with van der Waals surface area (Å²) in [4.78, 5) is 52.3. The van der Waals surface area contributed by atoms with E-state index in [4.69, 9.17) is 10.5 Å². The van der Waals surface area contributed by atoms with Crippen molar-refractivity contribution in [1.29, 1.82) is 0 Å². The number of nitrogens with one attached hydrogen (secondary N) is 2. The molecule has 1 heterocycles. The Morgan fingerprint density at radius 1 is 0.923 bits per heavy atom. The van der Waals surface area contributed by atoms with Crippen molar-refractivity contribution in [3.05, 3.63) is 89.5 Å². The minimum Gasteiger partial charge on any atom is -0.452 e. The van der Waals surface area contributed by atoms with Crippen molar-refractivity contribution in [3.63, 3.8) is 0 Å². The second kappa shape index (κ2) is 11.6. The molecule has 39 heavy (non-hydrogen) atoms. The third-order valence-corrected chi connectivity index (χ3v) is 6.01. The lowest BCUT2D eigenvalue weighted by Crippen LogP contribution is -2.34. The minimum atomic E-state index is -0.763. The van der Waals surface area contributed by atoms with Crippen LogP contribution < -0.4 is 21.3 Å². The minimum absolute atomic E-state index is 0.0371. The maximum Gasteiger partial charge on any atom is 0.338 e. The van der Waals surface area contributed by atoms with Crippen LogP contribution in [0.15, 0.2) is 72.8 Å². The molecule has 0 unspecified atom stereocenters. The third-order valence-electron chi connectivity index (χ3n) is 6.01. The van der Waals surface area contributed by atoms with Gasteiger partial charge in [0, 0.05) is 24.0 Å². The number of nitrogens with two attached hydrogens (primary N) is 1. The normalized spacial score (nSPS) is 13.4. The molecule has 1 aliphatic rings. The first-order valence-corrected chi connectivity index (χ1v) is 12.1. The number of carbonyl (C=O) groups excluding carboxylic acids is 4. The fourth-order valence-corrected chi connectivity index (χ4v) is 4.09. The second-order valence-electron chi connectivity index (χ2n) is 9.24. The van der Waals surface area contributed by atoms with E-state index in [0.717, 1.165) is 11.3 Å². The summed E-state index contributed by atoms with van der Waals surface area (Å²) >= 11 is 0. The van der Waals surface area contributed by atoms with Crippen LogP contribution in [-0.2, 0) is 19.1 Å². The molecule has 3 amide bonds. The highest BCUT2D eigenvalue weighted by Gasteiger charge is 2.29. The van der Waals surface area contributed by atoms with Crippen LogP contribution in [0.4, 0.5) is 17.1 Å². The Kier molecular flexibility index (Phi) is 8.07. The number of hydrogen-bond acceptors (Lipinski definition) is 7. The molecule has 200 valence electrons. The average Bonchev–Trinajstić information content (AvgIpc) is 3.25. The van der Waals surface area contributed by atoms with Crippen molar-refractivity contribution in [3.8, 4) is 0 Å². The zero-order valence-electron chi connectivity index (χ0n) is 21.9. The number of benzene rings is 3. The maximum absolute atomic E-state index is 13.2. The Morgan fingerprint density at radius 3 is 2.26 bits per heavy atom. The van der Waals surface area contributed by atoms with Crippen LogP contribution in [0.25, 0.3) is 11.3 Å². The number of fused-ring (bicyclic) bond motifs is 1. The highest BCUT2D eigenvalue weighted by atomic mass is 16.5. The molecule has 1 aliphatic heterocycles. The quantitative estimate of drug-likeness (QED) is 0.288. The van der Waals surface area contributed by atoms with Gasteiger partial charge in [0.05, 0.1) is 29.1 Å². The molecule has 4 N–H and O–H groups in total. The van der Waals surface area contributed by atoms with Gasteiger partial charge in [-0.25, -0.2) is 4.79 Å². The summed E-state index contributed by atoms with van der Waals surface area (Å²) in [6, 6.07) is 21.4. The molecule has 0 radical (unpaired) electrons. The van der Waals surface area contributed by atoms with Gasteiger partial charge in [-0.15, -0.1) is 0 Å². The predicted molar refractivity (Wildman–Crippen MR) is 150 cm³/mol. The largest absolute Gasteiger partial charge is 0.452 e. The van der Waals surface area contributed by atoms with Gasteiger partial charge in [0.15, 0.2) is 6.61 Å². The number of hydrogen-bond donors (Lipinski definition) is 3. The fraction of sp³-hybridized carbons (Fsp3) is 0.172. The van der Waals surface area contributed by atoms with Crippen molar-refractivity contribution < 1.29 is 23.9 Å². The van der Waals surface area contributed by atoms with E-state index in [1.807, 2.05) is 73.6 Å². The number of anilines is 3. The van der Waals surface area contributed by atoms with Gasteiger partial charge in [0.25, 0.3) is 11.8 Å². The summed E-state index contributed by atoms with van der Waals surface area (Å²) in [6.45, 7) is -0.242. The fourth-order valence-electron chi connectivity index (χ4n) is 4.09. The van der Waals surface area contributed by atoms with Gasteiger partial charge < -0.3 is 30.9 Å². The molecule has 0 bridgehead atoms. The van der Waals surface area contributed by atoms with Crippen LogP contribution in [0.2, 0.25) is 0 Å². The molecule has 0 aromatic heterocycles. The van der Waals surface area contributed by atoms with Crippen molar-refractivity contribution in [2.75, 3.05) is 49.8 Å². The highest BCUT2D eigenvalue weighted by molar-refractivity contribution is 6.37. The molecule has 10 heteroatoms. The SMILES string of the molecule is CN(C)CC(=O)N(C)c1ccc(N/C(=C2\C(=O)Nc3cc(C(=O)OCC(N)=O)ccc32)c2ccccc2)cc1. The number of carbonyl (C=O) groups is 4. The topological polar surface area (TPSA) is 134 Å². The van der Waals surface area contributed by atoms with Crippen LogP contribution >= 0.6 is 0 Å². The van der Waals surface area contributed by atoms with Crippen LogP contribution in [0.1, 0.15) is 21.5 Å². The second-order valence-corrected chi connectivity index (χ2v) is 9.24. The van der Waals surface area contributed by atoms with E-state index in [2.05, 4.69) is 10.6 Å². The molecule has 3 aromatic carbocycles. The van der Waals surface area contributed by atoms with Gasteiger partial charge in [-0.3, -0.25) is 14.4 Å². The van der Waals surface area contributed by atoms with E-state index in [1.165, 1.54) is 12.1 Å². The molecule has 0 fully saturated rings. The van der Waals surface area contributed by atoms with Crippen molar-refractivity contribution in [2.24, 2.45) is 5.73 Å². The van der Waals surface area contributed by atoms with Gasteiger partial charge in [-0.05, 0) is 56.1 Å². The Morgan fingerprint density at radius 2 is 1.62 bits per heavy atom. The average molecular weight is 528 g/mol. The van der Waals surface area contributed by atoms with Crippen molar-refractivity contribution >= 4 is 52.0 Å². The molecule has 3 aromatic rings. The van der Waals surface area contributed by atoms with E-state index in [-0.39, 0.29) is 17.4 Å². The maximum atomic E-state index is 13.2. The Bertz CT molecular complexity index is 1450. The first kappa shape index (κ1) is 27.1. The summed E-state index contributed by atoms with van der Waals surface area (Å²) in [7, 11) is 5.40.